The molecule has 1 aliphatic heterocycles. The molecule has 1 heterocycles. The molecule has 0 unspecified atom stereocenters. The lowest BCUT2D eigenvalue weighted by molar-refractivity contribution is -0.132. The van der Waals surface area contributed by atoms with E-state index in [-0.39, 0.29) is 5.91 Å². The van der Waals surface area contributed by atoms with E-state index in [0.29, 0.717) is 18.8 Å². The van der Waals surface area contributed by atoms with Crippen molar-refractivity contribution in [2.45, 2.75) is 19.9 Å². The van der Waals surface area contributed by atoms with Crippen LogP contribution in [0.2, 0.25) is 0 Å². The van der Waals surface area contributed by atoms with Gasteiger partial charge in [0.25, 0.3) is 0 Å². The zero-order chi connectivity index (χ0) is 20.3. The number of hydrogen-bond donors (Lipinski definition) is 0. The van der Waals surface area contributed by atoms with Crippen molar-refractivity contribution in [3.63, 3.8) is 0 Å². The second kappa shape index (κ2) is 8.22. The first-order valence-electron chi connectivity index (χ1n) is 9.42. The second-order valence-corrected chi connectivity index (χ2v) is 9.08. The Kier molecular flexibility index (Phi) is 5.93. The summed E-state index contributed by atoms with van der Waals surface area (Å²) in [5.74, 6) is -0.168. The van der Waals surface area contributed by atoms with Crippen molar-refractivity contribution < 1.29 is 13.2 Å². The van der Waals surface area contributed by atoms with Crippen LogP contribution in [-0.4, -0.2) is 57.7 Å². The summed E-state index contributed by atoms with van der Waals surface area (Å²) in [5, 5.41) is 0. The van der Waals surface area contributed by atoms with Gasteiger partial charge >= 0.3 is 0 Å². The van der Waals surface area contributed by atoms with E-state index in [2.05, 4.69) is 17.0 Å². The van der Waals surface area contributed by atoms with E-state index in [1.165, 1.54) is 4.31 Å². The molecule has 0 aromatic heterocycles. The molecule has 0 radical (unpaired) electrons. The van der Waals surface area contributed by atoms with Crippen molar-refractivity contribution in [2.75, 3.05) is 41.6 Å². The molecule has 2 aromatic carbocycles. The molecule has 3 rings (SSSR count). The molecule has 1 saturated heterocycles. The number of aryl methyl sites for hydroxylation is 1. The third kappa shape index (κ3) is 4.47. The van der Waals surface area contributed by atoms with Gasteiger partial charge in [0, 0.05) is 31.9 Å². The van der Waals surface area contributed by atoms with E-state index < -0.39 is 16.1 Å². The van der Waals surface area contributed by atoms with Gasteiger partial charge in [-0.15, -0.1) is 0 Å². The average Bonchev–Trinajstić information content (AvgIpc) is 2.69. The maximum Gasteiger partial charge on any atom is 0.246 e. The van der Waals surface area contributed by atoms with E-state index >= 15 is 0 Å². The topological polar surface area (TPSA) is 60.9 Å². The molecule has 0 bridgehead atoms. The number of carbonyl (C=O) groups excluding carboxylic acids is 1. The van der Waals surface area contributed by atoms with E-state index in [1.54, 1.807) is 24.0 Å². The van der Waals surface area contributed by atoms with Crippen LogP contribution in [0.25, 0.3) is 0 Å². The second-order valence-electron chi connectivity index (χ2n) is 7.22. The molecule has 28 heavy (non-hydrogen) atoms. The summed E-state index contributed by atoms with van der Waals surface area (Å²) in [7, 11) is -3.59. The number of anilines is 2. The van der Waals surface area contributed by atoms with Gasteiger partial charge < -0.3 is 9.80 Å². The SMILES string of the molecule is Cc1ccc(N([C@@H](C)C(=O)N2CCN(c3ccccc3)CC2)S(C)(=O)=O)cc1. The molecule has 1 amide bonds. The smallest absolute Gasteiger partial charge is 0.246 e. The highest BCUT2D eigenvalue weighted by atomic mass is 32.2. The number of nitrogens with zero attached hydrogens (tertiary/aromatic N) is 3. The Balaban J connectivity index is 1.73. The molecule has 1 aliphatic rings. The molecule has 1 fully saturated rings. The minimum atomic E-state index is -3.59. The van der Waals surface area contributed by atoms with Gasteiger partial charge in [0.1, 0.15) is 6.04 Å². The predicted molar refractivity (Wildman–Crippen MR) is 113 cm³/mol. The van der Waals surface area contributed by atoms with Crippen LogP contribution in [0.3, 0.4) is 0 Å². The Morgan fingerprint density at radius 1 is 0.964 bits per heavy atom. The number of piperazine rings is 1. The maximum atomic E-state index is 13.1. The summed E-state index contributed by atoms with van der Waals surface area (Å²) in [5.41, 5.74) is 2.69. The lowest BCUT2D eigenvalue weighted by Crippen LogP contribution is -2.55. The van der Waals surface area contributed by atoms with Crippen LogP contribution >= 0.6 is 0 Å². The van der Waals surface area contributed by atoms with Gasteiger partial charge in [-0.25, -0.2) is 8.42 Å². The lowest BCUT2D eigenvalue weighted by Gasteiger charge is -2.39. The van der Waals surface area contributed by atoms with E-state index in [1.807, 2.05) is 37.3 Å². The largest absolute Gasteiger partial charge is 0.368 e. The van der Waals surface area contributed by atoms with Gasteiger partial charge in [0.2, 0.25) is 15.9 Å². The summed E-state index contributed by atoms with van der Waals surface area (Å²) in [6.45, 7) is 6.20. The van der Waals surface area contributed by atoms with Gasteiger partial charge in [-0.1, -0.05) is 35.9 Å². The minimum absolute atomic E-state index is 0.168. The van der Waals surface area contributed by atoms with Crippen molar-refractivity contribution in [1.29, 1.82) is 0 Å². The molecule has 6 nitrogen and oxygen atoms in total. The third-order valence-electron chi connectivity index (χ3n) is 5.07. The Labute approximate surface area is 167 Å². The fourth-order valence-electron chi connectivity index (χ4n) is 3.58. The lowest BCUT2D eigenvalue weighted by atomic mass is 10.2. The molecule has 0 N–H and O–H groups in total. The van der Waals surface area contributed by atoms with Crippen LogP contribution in [0.4, 0.5) is 11.4 Å². The van der Waals surface area contributed by atoms with Crippen LogP contribution in [0.1, 0.15) is 12.5 Å². The highest BCUT2D eigenvalue weighted by molar-refractivity contribution is 7.92. The summed E-state index contributed by atoms with van der Waals surface area (Å²) < 4.78 is 26.1. The van der Waals surface area contributed by atoms with Crippen molar-refractivity contribution >= 4 is 27.3 Å². The van der Waals surface area contributed by atoms with Crippen molar-refractivity contribution in [3.05, 3.63) is 60.2 Å². The van der Waals surface area contributed by atoms with Crippen molar-refractivity contribution in [3.8, 4) is 0 Å². The third-order valence-corrected chi connectivity index (χ3v) is 6.31. The molecular formula is C21H27N3O3S. The number of hydrogen-bond acceptors (Lipinski definition) is 4. The Morgan fingerprint density at radius 2 is 1.54 bits per heavy atom. The van der Waals surface area contributed by atoms with Crippen LogP contribution in [-0.2, 0) is 14.8 Å². The van der Waals surface area contributed by atoms with Gasteiger partial charge in [-0.2, -0.15) is 0 Å². The molecule has 150 valence electrons. The van der Waals surface area contributed by atoms with Crippen LogP contribution in [0, 0.1) is 6.92 Å². The summed E-state index contributed by atoms with van der Waals surface area (Å²) in [6, 6.07) is 16.5. The predicted octanol–water partition coefficient (Wildman–Crippen LogP) is 2.50. The van der Waals surface area contributed by atoms with Crippen molar-refractivity contribution in [1.82, 2.24) is 4.90 Å². The van der Waals surface area contributed by atoms with Gasteiger partial charge in [0.15, 0.2) is 0 Å². The summed E-state index contributed by atoms with van der Waals surface area (Å²) in [4.78, 5) is 17.1. The zero-order valence-corrected chi connectivity index (χ0v) is 17.4. The molecule has 0 spiro atoms. The highest BCUT2D eigenvalue weighted by Gasteiger charge is 2.33. The van der Waals surface area contributed by atoms with Gasteiger partial charge in [0.05, 0.1) is 11.9 Å². The van der Waals surface area contributed by atoms with Crippen molar-refractivity contribution in [2.24, 2.45) is 0 Å². The molecule has 0 aliphatic carbocycles. The molecule has 7 heteroatoms. The standard InChI is InChI=1S/C21H27N3O3S/c1-17-9-11-20(12-10-17)24(28(3,26)27)18(2)21(25)23-15-13-22(14-16-23)19-7-5-4-6-8-19/h4-12,18H,13-16H2,1-3H3/t18-/m0/s1. The van der Waals surface area contributed by atoms with Gasteiger partial charge in [-0.05, 0) is 38.1 Å². The molecular weight excluding hydrogens is 374 g/mol. The highest BCUT2D eigenvalue weighted by Crippen LogP contribution is 2.23. The van der Waals surface area contributed by atoms with Crippen LogP contribution in [0.15, 0.2) is 54.6 Å². The first kappa shape index (κ1) is 20.2. The molecule has 0 saturated carbocycles. The summed E-state index contributed by atoms with van der Waals surface area (Å²) in [6.07, 6.45) is 1.14. The first-order chi connectivity index (χ1) is 13.3. The van der Waals surface area contributed by atoms with E-state index in [4.69, 9.17) is 0 Å². The van der Waals surface area contributed by atoms with Gasteiger partial charge in [-0.3, -0.25) is 9.10 Å². The normalized spacial score (nSPS) is 16.0. The average molecular weight is 402 g/mol. The van der Waals surface area contributed by atoms with Crippen LogP contribution in [0.5, 0.6) is 0 Å². The minimum Gasteiger partial charge on any atom is -0.368 e. The Bertz CT molecular complexity index is 906. The van der Waals surface area contributed by atoms with E-state index in [9.17, 15) is 13.2 Å². The Hall–Kier alpha value is -2.54. The zero-order valence-electron chi connectivity index (χ0n) is 16.6. The fourth-order valence-corrected chi connectivity index (χ4v) is 4.75. The van der Waals surface area contributed by atoms with Crippen LogP contribution < -0.4 is 9.21 Å². The molecule has 1 atom stereocenters. The summed E-state index contributed by atoms with van der Waals surface area (Å²) >= 11 is 0. The monoisotopic (exact) mass is 401 g/mol. The quantitative estimate of drug-likeness (QED) is 0.772. The van der Waals surface area contributed by atoms with E-state index in [0.717, 1.165) is 30.6 Å². The fraction of sp³-hybridized carbons (Fsp3) is 0.381. The number of para-hydroxylation sites is 1. The number of benzene rings is 2. The number of sulfonamides is 1. The Morgan fingerprint density at radius 3 is 2.07 bits per heavy atom. The number of amides is 1. The number of rotatable bonds is 5. The first-order valence-corrected chi connectivity index (χ1v) is 11.3. The maximum absolute atomic E-state index is 13.1. The number of carbonyl (C=O) groups is 1. The molecule has 2 aromatic rings.